The van der Waals surface area contributed by atoms with Gasteiger partial charge in [0.2, 0.25) is 10.0 Å². The summed E-state index contributed by atoms with van der Waals surface area (Å²) >= 11 is 6.50. The van der Waals surface area contributed by atoms with E-state index in [1.54, 1.807) is 13.0 Å². The second kappa shape index (κ2) is 14.5. The van der Waals surface area contributed by atoms with Crippen LogP contribution in [-0.4, -0.2) is 101 Å². The Morgan fingerprint density at radius 3 is 2.52 bits per heavy atom. The summed E-state index contributed by atoms with van der Waals surface area (Å²) < 4.78 is 43.0. The number of likely N-dealkylation sites (N-methyl/N-ethyl adjacent to an activating group) is 1. The molecule has 1 saturated carbocycles. The van der Waals surface area contributed by atoms with E-state index in [4.69, 9.17) is 21.1 Å². The SMILES string of the molecule is CO[C@]1(CN2C[C@@H](C)N(C)[C@@H](C)C2)/C=C/C[C@H](C)[C@@H](C)S(=O)(=O)NC(=O)c2ccc3c(c2)N(C[C@@H]2CC[C@H]21)C[C@@]1(CCCc2cc(Cl)ccc21)CO3. The Balaban J connectivity index is 1.31. The standard InChI is InChI=1S/C41H57ClN4O5S/c1-27-9-7-18-41(50-6,25-45-21-28(2)44(5)29(3)22-45)36-14-11-33(36)23-46-24-40(17-8-10-31-19-34(42)13-15-35(31)40)26-51-38-16-12-32(20-37(38)46)39(47)43-52(48,49)30(27)4/h7,12-13,15-16,18-20,27-30,33,36H,8-11,14,17,21-26H2,1-6H3,(H,43,47)/b18-7+/t27-,28-,29+,30+,33-,36+,40-,41-/m0/s1. The largest absolute Gasteiger partial charge is 0.490 e. The molecule has 284 valence electrons. The van der Waals surface area contributed by atoms with Gasteiger partial charge in [-0.2, -0.15) is 0 Å². The van der Waals surface area contributed by atoms with E-state index < -0.39 is 26.8 Å². The van der Waals surface area contributed by atoms with E-state index in [0.29, 0.717) is 36.6 Å². The Morgan fingerprint density at radius 1 is 1.04 bits per heavy atom. The number of rotatable bonds is 3. The van der Waals surface area contributed by atoms with E-state index in [2.05, 4.69) is 64.6 Å². The summed E-state index contributed by atoms with van der Waals surface area (Å²) in [5, 5.41) is -0.0273. The lowest BCUT2D eigenvalue weighted by atomic mass is 9.63. The number of sulfonamides is 1. The maximum Gasteiger partial charge on any atom is 0.264 e. The van der Waals surface area contributed by atoms with Gasteiger partial charge in [-0.25, -0.2) is 13.1 Å². The van der Waals surface area contributed by atoms with Gasteiger partial charge in [0.25, 0.3) is 5.91 Å². The number of anilines is 1. The molecular weight excluding hydrogens is 696 g/mol. The van der Waals surface area contributed by atoms with Gasteiger partial charge in [0.15, 0.2) is 0 Å². The summed E-state index contributed by atoms with van der Waals surface area (Å²) in [7, 11) is 0.116. The van der Waals surface area contributed by atoms with E-state index in [9.17, 15) is 13.2 Å². The van der Waals surface area contributed by atoms with Gasteiger partial charge in [-0.15, -0.1) is 0 Å². The van der Waals surface area contributed by atoms with Crippen LogP contribution in [0.4, 0.5) is 5.69 Å². The number of halogens is 1. The van der Waals surface area contributed by atoms with Crippen molar-refractivity contribution in [2.45, 2.75) is 94.6 Å². The van der Waals surface area contributed by atoms with Gasteiger partial charge >= 0.3 is 0 Å². The number of benzene rings is 2. The number of amides is 1. The van der Waals surface area contributed by atoms with Gasteiger partial charge in [-0.3, -0.25) is 14.6 Å². The quantitative estimate of drug-likeness (QED) is 0.366. The lowest BCUT2D eigenvalue weighted by molar-refractivity contribution is -0.101. The van der Waals surface area contributed by atoms with E-state index in [-0.39, 0.29) is 17.3 Å². The molecule has 1 spiro atoms. The summed E-state index contributed by atoms with van der Waals surface area (Å²) in [6.07, 6.45) is 10.1. The van der Waals surface area contributed by atoms with Crippen molar-refractivity contribution in [1.82, 2.24) is 14.5 Å². The zero-order valence-electron chi connectivity index (χ0n) is 31.7. The van der Waals surface area contributed by atoms with Gasteiger partial charge in [0.05, 0.1) is 17.5 Å². The second-order valence-corrected chi connectivity index (χ2v) is 19.2. The molecule has 3 aliphatic heterocycles. The second-order valence-electron chi connectivity index (χ2n) is 16.7. The predicted molar refractivity (Wildman–Crippen MR) is 208 cm³/mol. The summed E-state index contributed by atoms with van der Waals surface area (Å²) in [6.45, 7) is 13.0. The van der Waals surface area contributed by atoms with Gasteiger partial charge in [0.1, 0.15) is 11.4 Å². The lowest BCUT2D eigenvalue weighted by Crippen LogP contribution is -2.61. The third-order valence-electron chi connectivity index (χ3n) is 13.5. The van der Waals surface area contributed by atoms with Gasteiger partial charge in [-0.1, -0.05) is 36.7 Å². The van der Waals surface area contributed by atoms with Crippen LogP contribution >= 0.6 is 11.6 Å². The minimum Gasteiger partial charge on any atom is -0.490 e. The Hall–Kier alpha value is -2.63. The van der Waals surface area contributed by atoms with Crippen LogP contribution in [0.25, 0.3) is 0 Å². The number of piperazine rings is 1. The maximum atomic E-state index is 13.6. The number of fused-ring (bicyclic) bond motifs is 4. The number of nitrogens with one attached hydrogen (secondary N) is 1. The average Bonchev–Trinajstić information content (AvgIpc) is 3.24. The zero-order chi connectivity index (χ0) is 37.0. The molecule has 3 heterocycles. The van der Waals surface area contributed by atoms with Crippen molar-refractivity contribution >= 4 is 33.2 Å². The number of methoxy groups -OCH3 is 1. The van der Waals surface area contributed by atoms with E-state index in [1.165, 1.54) is 11.1 Å². The highest BCUT2D eigenvalue weighted by Gasteiger charge is 2.50. The monoisotopic (exact) mass is 752 g/mol. The van der Waals surface area contributed by atoms with Gasteiger partial charge in [-0.05, 0) is 126 Å². The molecule has 0 aromatic heterocycles. The highest BCUT2D eigenvalue weighted by atomic mass is 35.5. The fraction of sp³-hybridized carbons (Fsp3) is 0.634. The molecule has 2 aromatic carbocycles. The summed E-state index contributed by atoms with van der Waals surface area (Å²) in [5.41, 5.74) is 2.90. The first kappa shape index (κ1) is 37.7. The summed E-state index contributed by atoms with van der Waals surface area (Å²) in [5.74, 6) is 0.484. The first-order valence-corrected chi connectivity index (χ1v) is 21.2. The fourth-order valence-electron chi connectivity index (χ4n) is 9.80. The number of carbonyl (C=O) groups is 1. The number of ether oxygens (including phenoxy) is 2. The molecule has 7 rings (SSSR count). The van der Waals surface area contributed by atoms with Crippen LogP contribution < -0.4 is 14.4 Å². The molecule has 52 heavy (non-hydrogen) atoms. The normalized spacial score (nSPS) is 36.1. The number of hydrogen-bond acceptors (Lipinski definition) is 8. The molecule has 9 nitrogen and oxygen atoms in total. The first-order chi connectivity index (χ1) is 24.7. The molecule has 5 aliphatic rings. The summed E-state index contributed by atoms with van der Waals surface area (Å²) in [4.78, 5) is 21.1. The number of nitrogens with zero attached hydrogens (tertiary/aromatic N) is 3. The van der Waals surface area contributed by atoms with E-state index >= 15 is 0 Å². The molecule has 2 bridgehead atoms. The molecule has 2 aliphatic carbocycles. The Kier molecular flexibility index (Phi) is 10.5. The summed E-state index contributed by atoms with van der Waals surface area (Å²) in [6, 6.07) is 12.5. The molecule has 2 aromatic rings. The average molecular weight is 753 g/mol. The third kappa shape index (κ3) is 7.03. The van der Waals surface area contributed by atoms with Crippen molar-refractivity contribution in [1.29, 1.82) is 0 Å². The molecular formula is C41H57ClN4O5S. The zero-order valence-corrected chi connectivity index (χ0v) is 33.3. The highest BCUT2D eigenvalue weighted by Crippen LogP contribution is 2.49. The Bertz CT molecular complexity index is 1790. The number of hydrogen-bond donors (Lipinski definition) is 1. The minimum absolute atomic E-state index is 0.217. The van der Waals surface area contributed by atoms with Crippen LogP contribution in [0.5, 0.6) is 5.75 Å². The van der Waals surface area contributed by atoms with Crippen molar-refractivity contribution in [3.63, 3.8) is 0 Å². The molecule has 0 radical (unpaired) electrons. The van der Waals surface area contributed by atoms with Gasteiger partial charge < -0.3 is 14.4 Å². The molecule has 0 unspecified atom stereocenters. The molecule has 1 N–H and O–H groups in total. The van der Waals surface area contributed by atoms with Crippen molar-refractivity contribution < 1.29 is 22.7 Å². The van der Waals surface area contributed by atoms with Crippen molar-refractivity contribution in [3.8, 4) is 5.75 Å². The lowest BCUT2D eigenvalue weighted by Gasteiger charge is -2.53. The Labute approximate surface area is 316 Å². The first-order valence-electron chi connectivity index (χ1n) is 19.3. The van der Waals surface area contributed by atoms with Crippen LogP contribution in [-0.2, 0) is 26.6 Å². The van der Waals surface area contributed by atoms with Crippen LogP contribution in [0.2, 0.25) is 5.02 Å². The van der Waals surface area contributed by atoms with E-state index in [0.717, 1.165) is 81.3 Å². The predicted octanol–water partition coefficient (Wildman–Crippen LogP) is 6.29. The topological polar surface area (TPSA) is 91.4 Å². The van der Waals surface area contributed by atoms with Crippen LogP contribution in [0.15, 0.2) is 48.6 Å². The fourth-order valence-corrected chi connectivity index (χ4v) is 11.3. The van der Waals surface area contributed by atoms with Crippen LogP contribution in [0.1, 0.15) is 81.3 Å². The molecule has 1 saturated heterocycles. The van der Waals surface area contributed by atoms with E-state index in [1.807, 2.05) is 32.2 Å². The Morgan fingerprint density at radius 2 is 1.81 bits per heavy atom. The minimum atomic E-state index is -3.95. The number of carbonyl (C=O) groups excluding carboxylic acids is 1. The van der Waals surface area contributed by atoms with Crippen molar-refractivity contribution in [2.24, 2.45) is 17.8 Å². The molecule has 8 atom stereocenters. The number of allylic oxidation sites excluding steroid dienone is 1. The van der Waals surface area contributed by atoms with Crippen molar-refractivity contribution in [2.75, 3.05) is 58.4 Å². The molecule has 1 amide bonds. The maximum absolute atomic E-state index is 13.6. The third-order valence-corrected chi connectivity index (χ3v) is 15.7. The van der Waals surface area contributed by atoms with Gasteiger partial charge in [0, 0.05) is 67.9 Å². The van der Waals surface area contributed by atoms with Crippen molar-refractivity contribution in [3.05, 3.63) is 70.3 Å². The highest BCUT2D eigenvalue weighted by molar-refractivity contribution is 7.90. The molecule has 11 heteroatoms. The smallest absolute Gasteiger partial charge is 0.264 e. The van der Waals surface area contributed by atoms with Crippen LogP contribution in [0, 0.1) is 17.8 Å². The van der Waals surface area contributed by atoms with Crippen LogP contribution in [0.3, 0.4) is 0 Å². The number of aryl methyl sites for hydroxylation is 1. The molecule has 2 fully saturated rings.